The molecule has 0 saturated heterocycles. The highest BCUT2D eigenvalue weighted by atomic mass is 79.9. The molecule has 0 saturated carbocycles. The number of hydrogen-bond donors (Lipinski definition) is 0. The van der Waals surface area contributed by atoms with Crippen molar-refractivity contribution in [2.75, 3.05) is 7.11 Å². The molecule has 0 aliphatic rings. The van der Waals surface area contributed by atoms with Crippen molar-refractivity contribution >= 4 is 54.9 Å². The first-order chi connectivity index (χ1) is 7.67. The summed E-state index contributed by atoms with van der Waals surface area (Å²) in [5.41, 5.74) is 0.524. The molecule has 84 valence electrons. The van der Waals surface area contributed by atoms with Crippen LogP contribution < -0.4 is 0 Å². The van der Waals surface area contributed by atoms with E-state index in [0.717, 1.165) is 20.3 Å². The Morgan fingerprint density at radius 1 is 1.56 bits per heavy atom. The molecule has 0 bridgehead atoms. The van der Waals surface area contributed by atoms with Crippen LogP contribution >= 0.6 is 38.9 Å². The van der Waals surface area contributed by atoms with Crippen LogP contribution in [0.15, 0.2) is 18.2 Å². The maximum absolute atomic E-state index is 11.4. The topological polar surface area (TPSA) is 26.3 Å². The van der Waals surface area contributed by atoms with Gasteiger partial charge in [0.1, 0.15) is 0 Å². The highest BCUT2D eigenvalue weighted by Crippen LogP contribution is 2.37. The number of esters is 1. The summed E-state index contributed by atoms with van der Waals surface area (Å²) >= 11 is 11.2. The normalized spacial score (nSPS) is 10.7. The summed E-state index contributed by atoms with van der Waals surface area (Å²) in [6.45, 7) is 0. The smallest absolute Gasteiger partial charge is 0.337 e. The van der Waals surface area contributed by atoms with Crippen LogP contribution in [0.25, 0.3) is 10.1 Å². The van der Waals surface area contributed by atoms with E-state index in [1.165, 1.54) is 7.11 Å². The van der Waals surface area contributed by atoms with Crippen molar-refractivity contribution in [3.8, 4) is 0 Å². The second-order valence-electron chi connectivity index (χ2n) is 3.18. The molecule has 0 unspecified atom stereocenters. The number of methoxy groups -OCH3 is 1. The molecular weight excluding hydrogens is 312 g/mol. The SMILES string of the molecule is COC(=O)c1ccc2sc(CBr)c(Cl)c2c1. The fraction of sp³-hybridized carbons (Fsp3) is 0.182. The maximum Gasteiger partial charge on any atom is 0.337 e. The fourth-order valence-corrected chi connectivity index (χ4v) is 3.56. The van der Waals surface area contributed by atoms with Gasteiger partial charge in [-0.15, -0.1) is 11.3 Å². The molecule has 16 heavy (non-hydrogen) atoms. The predicted molar refractivity (Wildman–Crippen MR) is 70.8 cm³/mol. The minimum absolute atomic E-state index is 0.343. The molecule has 0 amide bonds. The molecule has 2 rings (SSSR count). The fourth-order valence-electron chi connectivity index (χ4n) is 1.45. The Morgan fingerprint density at radius 2 is 2.31 bits per heavy atom. The average molecular weight is 320 g/mol. The van der Waals surface area contributed by atoms with Gasteiger partial charge in [0.05, 0.1) is 17.7 Å². The van der Waals surface area contributed by atoms with Crippen molar-refractivity contribution in [1.82, 2.24) is 0 Å². The molecule has 0 aliphatic heterocycles. The van der Waals surface area contributed by atoms with E-state index in [4.69, 9.17) is 11.6 Å². The Hall–Kier alpha value is -0.580. The lowest BCUT2D eigenvalue weighted by Crippen LogP contribution is -2.00. The van der Waals surface area contributed by atoms with Crippen molar-refractivity contribution in [3.05, 3.63) is 33.7 Å². The molecule has 0 atom stereocenters. The molecule has 2 nitrogen and oxygen atoms in total. The Bertz CT molecular complexity index is 550. The Labute approximate surface area is 110 Å². The highest BCUT2D eigenvalue weighted by molar-refractivity contribution is 9.08. The molecule has 0 N–H and O–H groups in total. The lowest BCUT2D eigenvalue weighted by molar-refractivity contribution is 0.0601. The Kier molecular flexibility index (Phi) is 3.52. The summed E-state index contributed by atoms with van der Waals surface area (Å²) in [4.78, 5) is 12.4. The van der Waals surface area contributed by atoms with Crippen molar-refractivity contribution in [1.29, 1.82) is 0 Å². The van der Waals surface area contributed by atoms with E-state index in [-0.39, 0.29) is 5.97 Å². The molecule has 1 aromatic carbocycles. The van der Waals surface area contributed by atoms with Crippen molar-refractivity contribution in [3.63, 3.8) is 0 Å². The predicted octanol–water partition coefficient (Wildman–Crippen LogP) is 4.24. The third kappa shape index (κ3) is 1.97. The number of carbonyl (C=O) groups excluding carboxylic acids is 1. The van der Waals surface area contributed by atoms with E-state index in [0.29, 0.717) is 10.6 Å². The lowest BCUT2D eigenvalue weighted by Gasteiger charge is -1.98. The molecule has 1 aromatic heterocycles. The Balaban J connectivity index is 2.61. The Morgan fingerprint density at radius 3 is 2.94 bits per heavy atom. The molecule has 0 fully saturated rings. The second-order valence-corrected chi connectivity index (χ2v) is 5.25. The van der Waals surface area contributed by atoms with Gasteiger partial charge in [-0.3, -0.25) is 0 Å². The first kappa shape index (κ1) is 11.9. The molecule has 1 heterocycles. The van der Waals surface area contributed by atoms with Gasteiger partial charge < -0.3 is 4.74 Å². The summed E-state index contributed by atoms with van der Waals surface area (Å²) < 4.78 is 5.75. The van der Waals surface area contributed by atoms with Gasteiger partial charge >= 0.3 is 5.97 Å². The van der Waals surface area contributed by atoms with E-state index in [9.17, 15) is 4.79 Å². The number of fused-ring (bicyclic) bond motifs is 1. The third-order valence-corrected chi connectivity index (χ3v) is 4.88. The second kappa shape index (κ2) is 4.73. The summed E-state index contributed by atoms with van der Waals surface area (Å²) in [6, 6.07) is 5.41. The number of thiophene rings is 1. The number of carbonyl (C=O) groups is 1. The zero-order valence-corrected chi connectivity index (χ0v) is 11.6. The van der Waals surface area contributed by atoms with Crippen molar-refractivity contribution in [2.45, 2.75) is 5.33 Å². The maximum atomic E-state index is 11.4. The molecule has 2 aromatic rings. The standard InChI is InChI=1S/C11H8BrClO2S/c1-15-11(14)6-2-3-8-7(4-6)10(13)9(5-12)16-8/h2-4H,5H2,1H3. The summed E-state index contributed by atoms with van der Waals surface area (Å²) in [5, 5.41) is 2.34. The molecule has 5 heteroatoms. The van der Waals surface area contributed by atoms with Crippen LogP contribution in [0.3, 0.4) is 0 Å². The number of ether oxygens (including phenoxy) is 1. The summed E-state index contributed by atoms with van der Waals surface area (Å²) in [6.07, 6.45) is 0. The van der Waals surface area contributed by atoms with Gasteiger partial charge in [0.15, 0.2) is 0 Å². The van der Waals surface area contributed by atoms with Crippen LogP contribution in [0.4, 0.5) is 0 Å². The first-order valence-corrected chi connectivity index (χ1v) is 6.84. The van der Waals surface area contributed by atoms with E-state index in [1.54, 1.807) is 23.5 Å². The van der Waals surface area contributed by atoms with Crippen molar-refractivity contribution < 1.29 is 9.53 Å². The lowest BCUT2D eigenvalue weighted by atomic mass is 10.1. The van der Waals surface area contributed by atoms with Gasteiger partial charge in [0.25, 0.3) is 0 Å². The van der Waals surface area contributed by atoms with Crippen LogP contribution in [0.1, 0.15) is 15.2 Å². The number of benzene rings is 1. The van der Waals surface area contributed by atoms with E-state index >= 15 is 0 Å². The molecular formula is C11H8BrClO2S. The van der Waals surface area contributed by atoms with Crippen LogP contribution in [0.5, 0.6) is 0 Å². The van der Waals surface area contributed by atoms with E-state index in [2.05, 4.69) is 20.7 Å². The van der Waals surface area contributed by atoms with Gasteiger partial charge in [-0.2, -0.15) is 0 Å². The third-order valence-electron chi connectivity index (χ3n) is 2.24. The van der Waals surface area contributed by atoms with Gasteiger partial charge in [-0.25, -0.2) is 4.79 Å². The van der Waals surface area contributed by atoms with Crippen LogP contribution in [0.2, 0.25) is 5.02 Å². The molecule has 0 aliphatic carbocycles. The van der Waals surface area contributed by atoms with Crippen LogP contribution in [-0.4, -0.2) is 13.1 Å². The van der Waals surface area contributed by atoms with Crippen LogP contribution in [-0.2, 0) is 10.1 Å². The minimum Gasteiger partial charge on any atom is -0.465 e. The highest BCUT2D eigenvalue weighted by Gasteiger charge is 2.12. The zero-order valence-electron chi connectivity index (χ0n) is 8.42. The quantitative estimate of drug-likeness (QED) is 0.611. The monoisotopic (exact) mass is 318 g/mol. The minimum atomic E-state index is -0.343. The largest absolute Gasteiger partial charge is 0.465 e. The first-order valence-electron chi connectivity index (χ1n) is 4.52. The summed E-state index contributed by atoms with van der Waals surface area (Å²) in [5.74, 6) is -0.343. The van der Waals surface area contributed by atoms with Gasteiger partial charge in [-0.05, 0) is 18.2 Å². The van der Waals surface area contributed by atoms with E-state index < -0.39 is 0 Å². The number of rotatable bonds is 2. The van der Waals surface area contributed by atoms with Gasteiger partial charge in [-0.1, -0.05) is 27.5 Å². The van der Waals surface area contributed by atoms with Crippen molar-refractivity contribution in [2.24, 2.45) is 0 Å². The number of halogens is 2. The number of hydrogen-bond acceptors (Lipinski definition) is 3. The van der Waals surface area contributed by atoms with Crippen LogP contribution in [0, 0.1) is 0 Å². The average Bonchev–Trinajstić information content (AvgIpc) is 2.64. The van der Waals surface area contributed by atoms with Gasteiger partial charge in [0.2, 0.25) is 0 Å². The number of alkyl halides is 1. The van der Waals surface area contributed by atoms with Gasteiger partial charge in [0, 0.05) is 20.3 Å². The zero-order chi connectivity index (χ0) is 11.7. The molecule has 0 spiro atoms. The van der Waals surface area contributed by atoms with E-state index in [1.807, 2.05) is 6.07 Å². The summed E-state index contributed by atoms with van der Waals surface area (Å²) in [7, 11) is 1.37. The molecule has 0 radical (unpaired) electrons.